The Morgan fingerprint density at radius 2 is 1.80 bits per heavy atom. The van der Waals surface area contributed by atoms with Gasteiger partial charge >= 0.3 is 6.01 Å². The van der Waals surface area contributed by atoms with Gasteiger partial charge in [-0.25, -0.2) is 4.68 Å². The van der Waals surface area contributed by atoms with Gasteiger partial charge in [-0.15, -0.1) is 0 Å². The second kappa shape index (κ2) is 5.44. The summed E-state index contributed by atoms with van der Waals surface area (Å²) in [7, 11) is 1.75. The van der Waals surface area contributed by atoms with E-state index in [0.717, 1.165) is 17.0 Å². The van der Waals surface area contributed by atoms with E-state index < -0.39 is 0 Å². The Labute approximate surface area is 118 Å². The third kappa shape index (κ3) is 2.71. The molecule has 2 aromatic heterocycles. The van der Waals surface area contributed by atoms with Crippen LogP contribution in [0.15, 0.2) is 0 Å². The molecule has 0 unspecified atom stereocenters. The van der Waals surface area contributed by atoms with Crippen molar-refractivity contribution in [1.29, 1.82) is 0 Å². The Morgan fingerprint density at radius 3 is 2.30 bits per heavy atom. The zero-order valence-corrected chi connectivity index (χ0v) is 12.7. The van der Waals surface area contributed by atoms with E-state index in [9.17, 15) is 0 Å². The SMILES string of the molecule is CNc1nc(OC(C)C)nc(-n2nc(C)c(C)c2C)n1. The molecule has 0 saturated heterocycles. The predicted octanol–water partition coefficient (Wildman–Crippen LogP) is 1.81. The zero-order valence-electron chi connectivity index (χ0n) is 12.7. The lowest BCUT2D eigenvalue weighted by atomic mass is 10.2. The number of rotatable bonds is 4. The van der Waals surface area contributed by atoms with Crippen molar-refractivity contribution in [2.45, 2.75) is 40.7 Å². The van der Waals surface area contributed by atoms with Crippen molar-refractivity contribution in [1.82, 2.24) is 24.7 Å². The fraction of sp³-hybridized carbons (Fsp3) is 0.538. The van der Waals surface area contributed by atoms with Crippen LogP contribution in [0.3, 0.4) is 0 Å². The molecule has 0 radical (unpaired) electrons. The molecule has 2 aromatic rings. The predicted molar refractivity (Wildman–Crippen MR) is 76.5 cm³/mol. The molecule has 0 fully saturated rings. The van der Waals surface area contributed by atoms with Gasteiger partial charge in [-0.2, -0.15) is 20.1 Å². The van der Waals surface area contributed by atoms with E-state index >= 15 is 0 Å². The minimum absolute atomic E-state index is 0.00264. The third-order valence-electron chi connectivity index (χ3n) is 3.01. The summed E-state index contributed by atoms with van der Waals surface area (Å²) in [6, 6.07) is 0.291. The molecule has 0 saturated carbocycles. The number of ether oxygens (including phenoxy) is 1. The molecule has 1 N–H and O–H groups in total. The average Bonchev–Trinajstić information content (AvgIpc) is 2.65. The molecule has 0 bridgehead atoms. The van der Waals surface area contributed by atoms with Gasteiger partial charge in [-0.05, 0) is 40.2 Å². The molecular formula is C13H20N6O. The van der Waals surface area contributed by atoms with Crippen LogP contribution in [0.25, 0.3) is 5.95 Å². The molecule has 7 nitrogen and oxygen atoms in total. The van der Waals surface area contributed by atoms with Gasteiger partial charge in [-0.3, -0.25) is 0 Å². The maximum absolute atomic E-state index is 5.55. The molecule has 0 atom stereocenters. The molecule has 0 aliphatic rings. The van der Waals surface area contributed by atoms with Gasteiger partial charge in [0, 0.05) is 12.7 Å². The lowest BCUT2D eigenvalue weighted by Gasteiger charge is -2.10. The highest BCUT2D eigenvalue weighted by molar-refractivity contribution is 5.33. The van der Waals surface area contributed by atoms with Gasteiger partial charge < -0.3 is 10.1 Å². The maximum atomic E-state index is 5.55. The summed E-state index contributed by atoms with van der Waals surface area (Å²) < 4.78 is 7.26. The van der Waals surface area contributed by atoms with E-state index in [-0.39, 0.29) is 6.10 Å². The van der Waals surface area contributed by atoms with Gasteiger partial charge in [-0.1, -0.05) is 0 Å². The summed E-state index contributed by atoms with van der Waals surface area (Å²) in [5.74, 6) is 0.907. The molecule has 0 amide bonds. The minimum Gasteiger partial charge on any atom is -0.461 e. The number of nitrogens with one attached hydrogen (secondary N) is 1. The summed E-state index contributed by atoms with van der Waals surface area (Å²) in [6.45, 7) is 9.83. The zero-order chi connectivity index (χ0) is 14.9. The molecule has 0 aromatic carbocycles. The lowest BCUT2D eigenvalue weighted by molar-refractivity contribution is 0.221. The first-order valence-electron chi connectivity index (χ1n) is 6.56. The van der Waals surface area contributed by atoms with Gasteiger partial charge in [0.1, 0.15) is 0 Å². The van der Waals surface area contributed by atoms with Crippen LogP contribution < -0.4 is 10.1 Å². The van der Waals surface area contributed by atoms with E-state index in [1.165, 1.54) is 0 Å². The quantitative estimate of drug-likeness (QED) is 0.917. The first-order chi connectivity index (χ1) is 9.42. The van der Waals surface area contributed by atoms with Crippen molar-refractivity contribution in [2.24, 2.45) is 0 Å². The maximum Gasteiger partial charge on any atom is 0.323 e. The Bertz CT molecular complexity index is 620. The van der Waals surface area contributed by atoms with Gasteiger partial charge in [0.25, 0.3) is 5.95 Å². The molecule has 2 rings (SSSR count). The summed E-state index contributed by atoms with van der Waals surface area (Å²) in [6.07, 6.45) is -0.00264. The fourth-order valence-electron chi connectivity index (χ4n) is 1.73. The monoisotopic (exact) mass is 276 g/mol. The number of aryl methyl sites for hydroxylation is 1. The van der Waals surface area contributed by atoms with Gasteiger partial charge in [0.2, 0.25) is 5.95 Å². The molecular weight excluding hydrogens is 256 g/mol. The highest BCUT2D eigenvalue weighted by atomic mass is 16.5. The normalized spacial score (nSPS) is 10.9. The van der Waals surface area contributed by atoms with Gasteiger partial charge in [0.15, 0.2) is 0 Å². The van der Waals surface area contributed by atoms with Crippen molar-refractivity contribution in [3.05, 3.63) is 17.0 Å². The molecule has 108 valence electrons. The highest BCUT2D eigenvalue weighted by Crippen LogP contribution is 2.17. The first kappa shape index (κ1) is 14.2. The standard InChI is InChI=1S/C13H20N6O/c1-7(2)20-13-16-11(14-6)15-12(17-13)19-10(5)8(3)9(4)18-19/h7H,1-6H3,(H,14,15,16,17). The fourth-order valence-corrected chi connectivity index (χ4v) is 1.73. The minimum atomic E-state index is -0.00264. The van der Waals surface area contributed by atoms with E-state index in [2.05, 4.69) is 25.4 Å². The number of hydrogen-bond donors (Lipinski definition) is 1. The molecule has 0 aliphatic carbocycles. The second-order valence-electron chi connectivity index (χ2n) is 4.87. The Hall–Kier alpha value is -2.18. The van der Waals surface area contributed by atoms with E-state index in [1.807, 2.05) is 34.6 Å². The van der Waals surface area contributed by atoms with Crippen molar-refractivity contribution >= 4 is 5.95 Å². The van der Waals surface area contributed by atoms with Crippen LogP contribution in [-0.2, 0) is 0 Å². The summed E-state index contributed by atoms with van der Waals surface area (Å²) in [5.41, 5.74) is 3.09. The summed E-state index contributed by atoms with van der Waals surface area (Å²) in [4.78, 5) is 12.8. The van der Waals surface area contributed by atoms with Crippen molar-refractivity contribution in [3.8, 4) is 12.0 Å². The first-order valence-corrected chi connectivity index (χ1v) is 6.56. The molecule has 2 heterocycles. The molecule has 0 spiro atoms. The van der Waals surface area contributed by atoms with Crippen LogP contribution in [-0.4, -0.2) is 37.9 Å². The topological polar surface area (TPSA) is 77.8 Å². The van der Waals surface area contributed by atoms with Crippen LogP contribution >= 0.6 is 0 Å². The Morgan fingerprint density at radius 1 is 1.10 bits per heavy atom. The van der Waals surface area contributed by atoms with E-state index in [0.29, 0.717) is 17.9 Å². The second-order valence-corrected chi connectivity index (χ2v) is 4.87. The van der Waals surface area contributed by atoms with Crippen LogP contribution in [0.1, 0.15) is 30.8 Å². The van der Waals surface area contributed by atoms with Crippen LogP contribution in [0.4, 0.5) is 5.95 Å². The lowest BCUT2D eigenvalue weighted by Crippen LogP contribution is -2.14. The van der Waals surface area contributed by atoms with Crippen molar-refractivity contribution in [2.75, 3.05) is 12.4 Å². The highest BCUT2D eigenvalue weighted by Gasteiger charge is 2.15. The van der Waals surface area contributed by atoms with Crippen molar-refractivity contribution in [3.63, 3.8) is 0 Å². The Balaban J connectivity index is 2.52. The smallest absolute Gasteiger partial charge is 0.323 e. The molecule has 7 heteroatoms. The van der Waals surface area contributed by atoms with Gasteiger partial charge in [0.05, 0.1) is 11.8 Å². The largest absolute Gasteiger partial charge is 0.461 e. The summed E-state index contributed by atoms with van der Waals surface area (Å²) >= 11 is 0. The number of hydrogen-bond acceptors (Lipinski definition) is 6. The number of anilines is 1. The van der Waals surface area contributed by atoms with E-state index in [4.69, 9.17) is 4.74 Å². The molecule has 20 heavy (non-hydrogen) atoms. The average molecular weight is 276 g/mol. The van der Waals surface area contributed by atoms with E-state index in [1.54, 1.807) is 11.7 Å². The van der Waals surface area contributed by atoms with Crippen LogP contribution in [0, 0.1) is 20.8 Å². The Kier molecular flexibility index (Phi) is 3.87. The summed E-state index contributed by atoms with van der Waals surface area (Å²) in [5, 5.41) is 7.36. The van der Waals surface area contributed by atoms with Crippen LogP contribution in [0.2, 0.25) is 0 Å². The third-order valence-corrected chi connectivity index (χ3v) is 3.01. The molecule has 0 aliphatic heterocycles. The van der Waals surface area contributed by atoms with Crippen LogP contribution in [0.5, 0.6) is 6.01 Å². The van der Waals surface area contributed by atoms with Crippen molar-refractivity contribution < 1.29 is 4.74 Å². The number of aromatic nitrogens is 5. The number of nitrogens with zero attached hydrogens (tertiary/aromatic N) is 5.